The van der Waals surface area contributed by atoms with Crippen molar-refractivity contribution in [1.82, 2.24) is 14.9 Å². The topological polar surface area (TPSA) is 64.0 Å². The average molecular weight is 412 g/mol. The molecule has 0 radical (unpaired) electrons. The standard InChI is InChI=1S/C22H22FN3O2S/c23-17-7-5-16(6-8-17)18-14-20(27)26(15-25-18)12-11-24-21(28)22(9-1-2-10-22)19-4-3-13-29-19/h3-8,13-15H,1-2,9-12H2,(H,24,28). The second-order valence-electron chi connectivity index (χ2n) is 7.34. The van der Waals surface area contributed by atoms with E-state index in [1.165, 1.54) is 29.1 Å². The van der Waals surface area contributed by atoms with Crippen molar-refractivity contribution in [2.45, 2.75) is 37.6 Å². The van der Waals surface area contributed by atoms with Crippen molar-refractivity contribution in [1.29, 1.82) is 0 Å². The van der Waals surface area contributed by atoms with Crippen molar-refractivity contribution in [2.75, 3.05) is 6.54 Å². The maximum Gasteiger partial charge on any atom is 0.253 e. The first-order valence-electron chi connectivity index (χ1n) is 9.73. The van der Waals surface area contributed by atoms with E-state index < -0.39 is 5.41 Å². The number of nitrogens with one attached hydrogen (secondary N) is 1. The fourth-order valence-electron chi connectivity index (χ4n) is 3.95. The molecule has 1 N–H and O–H groups in total. The van der Waals surface area contributed by atoms with Crippen LogP contribution in [-0.2, 0) is 16.8 Å². The number of halogens is 1. The Morgan fingerprint density at radius 1 is 1.21 bits per heavy atom. The number of aromatic nitrogens is 2. The maximum atomic E-state index is 13.1. The third-order valence-electron chi connectivity index (χ3n) is 5.54. The van der Waals surface area contributed by atoms with Crippen LogP contribution in [0.5, 0.6) is 0 Å². The number of nitrogens with zero attached hydrogens (tertiary/aromatic N) is 2. The number of carbonyl (C=O) groups excluding carboxylic acids is 1. The molecule has 1 aromatic carbocycles. The highest BCUT2D eigenvalue weighted by atomic mass is 32.1. The minimum atomic E-state index is -0.427. The SMILES string of the molecule is O=C(NCCn1cnc(-c2ccc(F)cc2)cc1=O)C1(c2cccs2)CCCC1. The van der Waals surface area contributed by atoms with Gasteiger partial charge in [0.1, 0.15) is 5.82 Å². The summed E-state index contributed by atoms with van der Waals surface area (Å²) < 4.78 is 14.5. The van der Waals surface area contributed by atoms with Gasteiger partial charge in [-0.3, -0.25) is 14.2 Å². The van der Waals surface area contributed by atoms with E-state index in [1.807, 2.05) is 17.5 Å². The van der Waals surface area contributed by atoms with E-state index >= 15 is 0 Å². The molecule has 1 aliphatic rings. The highest BCUT2D eigenvalue weighted by molar-refractivity contribution is 7.10. The Morgan fingerprint density at radius 2 is 1.97 bits per heavy atom. The first-order chi connectivity index (χ1) is 14.1. The van der Waals surface area contributed by atoms with E-state index in [2.05, 4.69) is 10.3 Å². The molecule has 0 aliphatic heterocycles. The zero-order chi connectivity index (χ0) is 20.3. The molecule has 0 unspecified atom stereocenters. The van der Waals surface area contributed by atoms with Crippen LogP contribution in [-0.4, -0.2) is 22.0 Å². The Balaban J connectivity index is 1.41. The van der Waals surface area contributed by atoms with Crippen molar-refractivity contribution in [3.05, 3.63) is 75.2 Å². The molecule has 2 aromatic heterocycles. The summed E-state index contributed by atoms with van der Waals surface area (Å²) >= 11 is 1.63. The average Bonchev–Trinajstić information content (AvgIpc) is 3.42. The van der Waals surface area contributed by atoms with Gasteiger partial charge >= 0.3 is 0 Å². The third-order valence-corrected chi connectivity index (χ3v) is 6.62. The summed E-state index contributed by atoms with van der Waals surface area (Å²) in [6, 6.07) is 11.3. The molecule has 0 atom stereocenters. The van der Waals surface area contributed by atoms with E-state index in [1.54, 1.807) is 23.5 Å². The summed E-state index contributed by atoms with van der Waals surface area (Å²) in [5.74, 6) is -0.290. The Morgan fingerprint density at radius 3 is 2.62 bits per heavy atom. The van der Waals surface area contributed by atoms with Crippen molar-refractivity contribution < 1.29 is 9.18 Å². The van der Waals surface area contributed by atoms with Gasteiger partial charge in [0.2, 0.25) is 5.91 Å². The molecule has 0 spiro atoms. The van der Waals surface area contributed by atoms with E-state index in [0.717, 1.165) is 30.6 Å². The Hall–Kier alpha value is -2.80. The zero-order valence-corrected chi connectivity index (χ0v) is 16.8. The monoisotopic (exact) mass is 411 g/mol. The fourth-order valence-corrected chi connectivity index (χ4v) is 4.93. The molecule has 150 valence electrons. The van der Waals surface area contributed by atoms with E-state index in [9.17, 15) is 14.0 Å². The molecule has 5 nitrogen and oxygen atoms in total. The molecule has 4 rings (SSSR count). The number of hydrogen-bond acceptors (Lipinski definition) is 4. The molecule has 1 amide bonds. The fraction of sp³-hybridized carbons (Fsp3) is 0.318. The van der Waals surface area contributed by atoms with E-state index in [0.29, 0.717) is 24.3 Å². The van der Waals surface area contributed by atoms with Crippen molar-refractivity contribution in [3.63, 3.8) is 0 Å². The normalized spacial score (nSPS) is 15.3. The van der Waals surface area contributed by atoms with E-state index in [-0.39, 0.29) is 17.3 Å². The van der Waals surface area contributed by atoms with Crippen LogP contribution < -0.4 is 10.9 Å². The second-order valence-corrected chi connectivity index (χ2v) is 8.28. The summed E-state index contributed by atoms with van der Waals surface area (Å²) in [6.45, 7) is 0.714. The molecular weight excluding hydrogens is 389 g/mol. The molecule has 0 saturated heterocycles. The first-order valence-corrected chi connectivity index (χ1v) is 10.6. The van der Waals surface area contributed by atoms with E-state index in [4.69, 9.17) is 0 Å². The number of amides is 1. The number of rotatable bonds is 6. The van der Waals surface area contributed by atoms with Gasteiger partial charge in [-0.1, -0.05) is 18.9 Å². The summed E-state index contributed by atoms with van der Waals surface area (Å²) in [4.78, 5) is 30.8. The van der Waals surface area contributed by atoms with Gasteiger partial charge in [-0.25, -0.2) is 9.37 Å². The predicted octanol–water partition coefficient (Wildman–Crippen LogP) is 3.74. The van der Waals surface area contributed by atoms with Gasteiger partial charge in [0.25, 0.3) is 5.56 Å². The van der Waals surface area contributed by atoms with Gasteiger partial charge in [-0.15, -0.1) is 11.3 Å². The quantitative estimate of drug-likeness (QED) is 0.672. The largest absolute Gasteiger partial charge is 0.354 e. The van der Waals surface area contributed by atoms with Gasteiger partial charge in [-0.2, -0.15) is 0 Å². The lowest BCUT2D eigenvalue weighted by Crippen LogP contribution is -2.43. The molecular formula is C22H22FN3O2S. The molecule has 3 aromatic rings. The van der Waals surface area contributed by atoms with Crippen LogP contribution in [0, 0.1) is 5.82 Å². The Kier molecular flexibility index (Phi) is 5.58. The minimum Gasteiger partial charge on any atom is -0.354 e. The van der Waals surface area contributed by atoms with Crippen molar-refractivity contribution >= 4 is 17.2 Å². The summed E-state index contributed by atoms with van der Waals surface area (Å²) in [6.07, 6.45) is 5.32. The predicted molar refractivity (Wildman–Crippen MR) is 111 cm³/mol. The highest BCUT2D eigenvalue weighted by Gasteiger charge is 2.43. The number of carbonyl (C=O) groups is 1. The molecule has 0 bridgehead atoms. The van der Waals surface area contributed by atoms with Gasteiger partial charge in [-0.05, 0) is 48.6 Å². The van der Waals surface area contributed by atoms with Crippen LogP contribution in [0.1, 0.15) is 30.6 Å². The molecule has 1 aliphatic carbocycles. The minimum absolute atomic E-state index is 0.0430. The number of benzene rings is 1. The van der Waals surface area contributed by atoms with Crippen molar-refractivity contribution in [2.24, 2.45) is 0 Å². The summed E-state index contributed by atoms with van der Waals surface area (Å²) in [5, 5.41) is 5.03. The smallest absolute Gasteiger partial charge is 0.253 e. The van der Waals surface area contributed by atoms with Gasteiger partial charge in [0.05, 0.1) is 17.4 Å². The molecule has 2 heterocycles. The number of hydrogen-bond donors (Lipinski definition) is 1. The van der Waals surface area contributed by atoms with Crippen LogP contribution in [0.2, 0.25) is 0 Å². The van der Waals surface area contributed by atoms with Gasteiger partial charge in [0.15, 0.2) is 0 Å². The summed E-state index contributed by atoms with van der Waals surface area (Å²) in [7, 11) is 0. The Labute approximate surface area is 172 Å². The third kappa shape index (κ3) is 4.00. The molecule has 1 saturated carbocycles. The maximum absolute atomic E-state index is 13.1. The molecule has 1 fully saturated rings. The first kappa shape index (κ1) is 19.5. The second kappa shape index (κ2) is 8.29. The summed E-state index contributed by atoms with van der Waals surface area (Å²) in [5.41, 5.74) is 0.549. The van der Waals surface area contributed by atoms with Gasteiger partial charge < -0.3 is 5.32 Å². The molecule has 29 heavy (non-hydrogen) atoms. The lowest BCUT2D eigenvalue weighted by Gasteiger charge is -2.26. The van der Waals surface area contributed by atoms with Crippen LogP contribution in [0.4, 0.5) is 4.39 Å². The van der Waals surface area contributed by atoms with Crippen LogP contribution in [0.3, 0.4) is 0 Å². The lowest BCUT2D eigenvalue weighted by molar-refractivity contribution is -0.126. The highest BCUT2D eigenvalue weighted by Crippen LogP contribution is 2.43. The number of thiophene rings is 1. The van der Waals surface area contributed by atoms with Crippen LogP contribution >= 0.6 is 11.3 Å². The van der Waals surface area contributed by atoms with Crippen LogP contribution in [0.25, 0.3) is 11.3 Å². The lowest BCUT2D eigenvalue weighted by atomic mass is 9.83. The zero-order valence-electron chi connectivity index (χ0n) is 15.9. The van der Waals surface area contributed by atoms with Crippen LogP contribution in [0.15, 0.2) is 59.0 Å². The van der Waals surface area contributed by atoms with Gasteiger partial charge in [0, 0.05) is 29.6 Å². The molecule has 7 heteroatoms. The Bertz CT molecular complexity index is 1040. The van der Waals surface area contributed by atoms with Crippen molar-refractivity contribution in [3.8, 4) is 11.3 Å².